The van der Waals surface area contributed by atoms with Crippen LogP contribution in [0.5, 0.6) is 11.5 Å². The molecule has 0 aliphatic rings. The third kappa shape index (κ3) is 2.36. The first-order valence-electron chi connectivity index (χ1n) is 4.95. The first-order valence-corrected chi connectivity index (χ1v) is 5.74. The highest BCUT2D eigenvalue weighted by molar-refractivity contribution is 9.10. The molecule has 2 nitrogen and oxygen atoms in total. The number of para-hydroxylation sites is 1. The van der Waals surface area contributed by atoms with Gasteiger partial charge in [0.05, 0.1) is 5.69 Å². The van der Waals surface area contributed by atoms with Crippen LogP contribution in [0.4, 0.5) is 5.69 Å². The Morgan fingerprint density at radius 1 is 1.12 bits per heavy atom. The summed E-state index contributed by atoms with van der Waals surface area (Å²) >= 11 is 3.46. The van der Waals surface area contributed by atoms with Crippen LogP contribution in [-0.4, -0.2) is 0 Å². The van der Waals surface area contributed by atoms with Gasteiger partial charge in [-0.25, -0.2) is 0 Å². The van der Waals surface area contributed by atoms with E-state index in [-0.39, 0.29) is 0 Å². The van der Waals surface area contributed by atoms with Crippen molar-refractivity contribution in [3.63, 3.8) is 0 Å². The Kier molecular flexibility index (Phi) is 3.15. The van der Waals surface area contributed by atoms with Crippen molar-refractivity contribution in [1.29, 1.82) is 0 Å². The van der Waals surface area contributed by atoms with Gasteiger partial charge in [-0.1, -0.05) is 34.1 Å². The van der Waals surface area contributed by atoms with Crippen LogP contribution in [-0.2, 0) is 0 Å². The maximum atomic E-state index is 5.89. The highest BCUT2D eigenvalue weighted by Crippen LogP contribution is 2.32. The molecule has 0 spiro atoms. The van der Waals surface area contributed by atoms with E-state index in [1.807, 2.05) is 49.4 Å². The summed E-state index contributed by atoms with van der Waals surface area (Å²) in [5.74, 6) is 1.45. The van der Waals surface area contributed by atoms with Crippen molar-refractivity contribution < 1.29 is 4.74 Å². The fourth-order valence-corrected chi connectivity index (χ4v) is 1.71. The molecule has 3 heteroatoms. The Morgan fingerprint density at radius 3 is 2.50 bits per heavy atom. The highest BCUT2D eigenvalue weighted by atomic mass is 79.9. The molecule has 0 bridgehead atoms. The summed E-state index contributed by atoms with van der Waals surface area (Å²) < 4.78 is 6.68. The van der Waals surface area contributed by atoms with Gasteiger partial charge in [-0.05, 0) is 36.8 Å². The zero-order chi connectivity index (χ0) is 11.5. The van der Waals surface area contributed by atoms with Gasteiger partial charge in [0.1, 0.15) is 5.75 Å². The molecule has 0 heterocycles. The molecule has 0 fully saturated rings. The second kappa shape index (κ2) is 4.58. The van der Waals surface area contributed by atoms with Crippen LogP contribution in [0.3, 0.4) is 0 Å². The van der Waals surface area contributed by atoms with Gasteiger partial charge in [-0.3, -0.25) is 0 Å². The van der Waals surface area contributed by atoms with E-state index in [1.54, 1.807) is 0 Å². The van der Waals surface area contributed by atoms with Crippen molar-refractivity contribution in [2.45, 2.75) is 6.92 Å². The monoisotopic (exact) mass is 277 g/mol. The molecule has 0 saturated heterocycles. The van der Waals surface area contributed by atoms with E-state index in [0.29, 0.717) is 11.4 Å². The van der Waals surface area contributed by atoms with Crippen LogP contribution in [0, 0.1) is 6.92 Å². The Hall–Kier alpha value is -1.48. The Labute approximate surface area is 103 Å². The zero-order valence-corrected chi connectivity index (χ0v) is 10.5. The smallest absolute Gasteiger partial charge is 0.151 e. The lowest BCUT2D eigenvalue weighted by atomic mass is 10.2. The van der Waals surface area contributed by atoms with Gasteiger partial charge in [0.2, 0.25) is 0 Å². The number of aryl methyl sites for hydroxylation is 1. The van der Waals surface area contributed by atoms with E-state index in [1.165, 1.54) is 0 Å². The molecule has 2 rings (SSSR count). The fourth-order valence-electron chi connectivity index (χ4n) is 1.39. The summed E-state index contributed by atoms with van der Waals surface area (Å²) in [6.07, 6.45) is 0. The molecule has 0 atom stereocenters. The standard InChI is InChI=1S/C13H12BrNO/c1-9-7-12(15)13(8-11(9)14)16-10-5-3-2-4-6-10/h2-8H,15H2,1H3. The predicted octanol–water partition coefficient (Wildman–Crippen LogP) is 4.13. The molecule has 2 N–H and O–H groups in total. The molecule has 0 aromatic heterocycles. The number of ether oxygens (including phenoxy) is 1. The summed E-state index contributed by atoms with van der Waals surface area (Å²) in [7, 11) is 0. The molecule has 0 aliphatic heterocycles. The van der Waals surface area contributed by atoms with E-state index >= 15 is 0 Å². The number of halogens is 1. The van der Waals surface area contributed by atoms with Crippen molar-refractivity contribution in [1.82, 2.24) is 0 Å². The minimum atomic E-state index is 0.643. The number of hydrogen-bond donors (Lipinski definition) is 1. The van der Waals surface area contributed by atoms with Crippen molar-refractivity contribution in [3.05, 3.63) is 52.5 Å². The average Bonchev–Trinajstić information content (AvgIpc) is 2.27. The summed E-state index contributed by atoms with van der Waals surface area (Å²) in [5.41, 5.74) is 7.63. The van der Waals surface area contributed by atoms with Gasteiger partial charge in [0.25, 0.3) is 0 Å². The lowest BCUT2D eigenvalue weighted by Gasteiger charge is -2.10. The van der Waals surface area contributed by atoms with Crippen molar-refractivity contribution in [2.75, 3.05) is 5.73 Å². The van der Waals surface area contributed by atoms with Crippen LogP contribution in [0.2, 0.25) is 0 Å². The SMILES string of the molecule is Cc1cc(N)c(Oc2ccccc2)cc1Br. The Morgan fingerprint density at radius 2 is 1.81 bits per heavy atom. The molecule has 0 saturated carbocycles. The minimum absolute atomic E-state index is 0.643. The first kappa shape index (κ1) is 11.0. The summed E-state index contributed by atoms with van der Waals surface area (Å²) in [5, 5.41) is 0. The quantitative estimate of drug-likeness (QED) is 0.838. The molecule has 2 aromatic carbocycles. The van der Waals surface area contributed by atoms with Crippen LogP contribution in [0.1, 0.15) is 5.56 Å². The van der Waals surface area contributed by atoms with Gasteiger partial charge >= 0.3 is 0 Å². The molecule has 0 aliphatic carbocycles. The summed E-state index contributed by atoms with van der Waals surface area (Å²) in [4.78, 5) is 0. The van der Waals surface area contributed by atoms with Gasteiger partial charge in [0, 0.05) is 4.47 Å². The maximum absolute atomic E-state index is 5.89. The molecule has 0 amide bonds. The zero-order valence-electron chi connectivity index (χ0n) is 8.91. The van der Waals surface area contributed by atoms with E-state index in [2.05, 4.69) is 15.9 Å². The number of nitrogen functional groups attached to an aromatic ring is 1. The highest BCUT2D eigenvalue weighted by Gasteiger charge is 2.05. The maximum Gasteiger partial charge on any atom is 0.151 e. The number of nitrogens with two attached hydrogens (primary N) is 1. The molecular weight excluding hydrogens is 266 g/mol. The van der Waals surface area contributed by atoms with Crippen molar-refractivity contribution in [2.24, 2.45) is 0 Å². The lowest BCUT2D eigenvalue weighted by molar-refractivity contribution is 0.484. The van der Waals surface area contributed by atoms with Crippen LogP contribution in [0.25, 0.3) is 0 Å². The number of hydrogen-bond acceptors (Lipinski definition) is 2. The van der Waals surface area contributed by atoms with Crippen LogP contribution >= 0.6 is 15.9 Å². The Bertz CT molecular complexity index is 497. The molecule has 82 valence electrons. The molecular formula is C13H12BrNO. The molecule has 0 radical (unpaired) electrons. The first-order chi connectivity index (χ1) is 7.66. The second-order valence-electron chi connectivity index (χ2n) is 3.55. The summed E-state index contributed by atoms with van der Waals surface area (Å²) in [6.45, 7) is 1.99. The fraction of sp³-hybridized carbons (Fsp3) is 0.0769. The van der Waals surface area contributed by atoms with Gasteiger partial charge in [0.15, 0.2) is 5.75 Å². The van der Waals surface area contributed by atoms with Gasteiger partial charge in [-0.15, -0.1) is 0 Å². The average molecular weight is 278 g/mol. The van der Waals surface area contributed by atoms with E-state index in [9.17, 15) is 0 Å². The van der Waals surface area contributed by atoms with E-state index < -0.39 is 0 Å². The van der Waals surface area contributed by atoms with Gasteiger partial charge < -0.3 is 10.5 Å². The van der Waals surface area contributed by atoms with Crippen molar-refractivity contribution >= 4 is 21.6 Å². The van der Waals surface area contributed by atoms with E-state index in [4.69, 9.17) is 10.5 Å². The van der Waals surface area contributed by atoms with Crippen molar-refractivity contribution in [3.8, 4) is 11.5 Å². The topological polar surface area (TPSA) is 35.2 Å². The molecule has 0 unspecified atom stereocenters. The molecule has 16 heavy (non-hydrogen) atoms. The third-order valence-electron chi connectivity index (χ3n) is 2.26. The van der Waals surface area contributed by atoms with Gasteiger partial charge in [-0.2, -0.15) is 0 Å². The summed E-state index contributed by atoms with van der Waals surface area (Å²) in [6, 6.07) is 13.4. The van der Waals surface area contributed by atoms with Crippen LogP contribution in [0.15, 0.2) is 46.9 Å². The van der Waals surface area contributed by atoms with Crippen LogP contribution < -0.4 is 10.5 Å². The number of benzene rings is 2. The third-order valence-corrected chi connectivity index (χ3v) is 3.12. The Balaban J connectivity index is 2.32. The second-order valence-corrected chi connectivity index (χ2v) is 4.41. The van der Waals surface area contributed by atoms with E-state index in [0.717, 1.165) is 15.8 Å². The largest absolute Gasteiger partial charge is 0.455 e. The lowest BCUT2D eigenvalue weighted by Crippen LogP contribution is -1.93. The predicted molar refractivity (Wildman–Crippen MR) is 69.8 cm³/mol. The number of rotatable bonds is 2. The normalized spacial score (nSPS) is 10.1. The minimum Gasteiger partial charge on any atom is -0.455 e. The number of anilines is 1. The molecule has 2 aromatic rings.